The minimum atomic E-state index is -1.22. The largest absolute Gasteiger partial charge is 0.478 e. The van der Waals surface area contributed by atoms with E-state index in [0.29, 0.717) is 38.9 Å². The summed E-state index contributed by atoms with van der Waals surface area (Å²) in [5, 5.41) is 36.9. The SMILES string of the molecule is O=COc1cc(C(=O)O)cc(-c2ccc(-c3cc(OC=O)cc(C(=O)O)c3)cc2)c1.O=COc1cc(C(=O)O)cc(-c2cnc(-c3cc(OC=O)cc(C(=O)O)c3)nc2)c1. The van der Waals surface area contributed by atoms with Crippen LogP contribution < -0.4 is 18.9 Å². The van der Waals surface area contributed by atoms with Gasteiger partial charge >= 0.3 is 23.9 Å². The molecule has 0 fully saturated rings. The molecular weight excluding hydrogens is 788 g/mol. The van der Waals surface area contributed by atoms with E-state index in [9.17, 15) is 58.8 Å². The molecule has 4 N–H and O–H groups in total. The number of hydrogen-bond donors (Lipinski definition) is 4. The summed E-state index contributed by atoms with van der Waals surface area (Å²) in [6.07, 6.45) is 2.78. The highest BCUT2D eigenvalue weighted by molar-refractivity contribution is 5.93. The van der Waals surface area contributed by atoms with Crippen LogP contribution in [0.5, 0.6) is 23.0 Å². The molecule has 0 saturated carbocycles. The molecule has 0 unspecified atom stereocenters. The average Bonchev–Trinajstić information content (AvgIpc) is 3.24. The Morgan fingerprint density at radius 2 is 0.633 bits per heavy atom. The van der Waals surface area contributed by atoms with Gasteiger partial charge in [0.15, 0.2) is 5.82 Å². The maximum Gasteiger partial charge on any atom is 0.335 e. The van der Waals surface area contributed by atoms with Gasteiger partial charge in [-0.2, -0.15) is 0 Å². The van der Waals surface area contributed by atoms with Gasteiger partial charge in [0.25, 0.3) is 25.9 Å². The lowest BCUT2D eigenvalue weighted by molar-refractivity contribution is -0.121. The van der Waals surface area contributed by atoms with Crippen molar-refractivity contribution in [3.05, 3.63) is 132 Å². The van der Waals surface area contributed by atoms with Gasteiger partial charge in [0, 0.05) is 23.5 Å². The third kappa shape index (κ3) is 10.6. The van der Waals surface area contributed by atoms with E-state index in [1.165, 1.54) is 85.2 Å². The van der Waals surface area contributed by atoms with E-state index < -0.39 is 23.9 Å². The van der Waals surface area contributed by atoms with E-state index in [-0.39, 0.29) is 77.0 Å². The molecule has 300 valence electrons. The van der Waals surface area contributed by atoms with Gasteiger partial charge in [-0.3, -0.25) is 19.2 Å². The van der Waals surface area contributed by atoms with E-state index in [4.69, 9.17) is 18.9 Å². The summed E-state index contributed by atoms with van der Waals surface area (Å²) in [7, 11) is 0. The molecule has 6 aromatic rings. The summed E-state index contributed by atoms with van der Waals surface area (Å²) >= 11 is 0. The van der Waals surface area contributed by atoms with Crippen molar-refractivity contribution in [2.24, 2.45) is 0 Å². The van der Waals surface area contributed by atoms with Crippen LogP contribution in [0, 0.1) is 0 Å². The molecule has 1 aromatic heterocycles. The zero-order chi connectivity index (χ0) is 43.3. The molecule has 0 spiro atoms. The molecule has 6 rings (SSSR count). The van der Waals surface area contributed by atoms with Crippen molar-refractivity contribution in [3.63, 3.8) is 0 Å². The number of carbonyl (C=O) groups excluding carboxylic acids is 4. The third-order valence-corrected chi connectivity index (χ3v) is 8.15. The van der Waals surface area contributed by atoms with Gasteiger partial charge in [-0.1, -0.05) is 24.3 Å². The fraction of sp³-hybridized carbons (Fsp3) is 0. The molecule has 1 heterocycles. The molecule has 0 saturated heterocycles. The van der Waals surface area contributed by atoms with E-state index in [2.05, 4.69) is 9.97 Å². The van der Waals surface area contributed by atoms with Crippen LogP contribution in [0.1, 0.15) is 41.4 Å². The zero-order valence-corrected chi connectivity index (χ0v) is 30.3. The standard InChI is InChI=1S/C22H14O8.C20H12N2O8/c23-11-29-19-7-15(5-17(9-19)21(25)26)13-1-2-14(4-3-13)16-6-18(22(27)28)10-20(8-16)30-12-24;23-9-29-16-3-11(1-13(5-16)19(25)26)15-7-21-18(22-8-15)12-2-14(20(27)28)6-17(4-12)30-10-24/h1-12H,(H,25,26)(H,27,28);1-10H,(H,25,26)(H,27,28). The number of carboxylic acid groups (broad SMARTS) is 4. The van der Waals surface area contributed by atoms with Crippen LogP contribution in [0.2, 0.25) is 0 Å². The number of nitrogens with zero attached hydrogens (tertiary/aromatic N) is 2. The molecule has 0 aliphatic heterocycles. The van der Waals surface area contributed by atoms with Gasteiger partial charge in [0.2, 0.25) is 0 Å². The molecule has 60 heavy (non-hydrogen) atoms. The lowest BCUT2D eigenvalue weighted by Crippen LogP contribution is -2.00. The summed E-state index contributed by atoms with van der Waals surface area (Å²) in [4.78, 5) is 96.0. The van der Waals surface area contributed by atoms with Gasteiger partial charge in [-0.15, -0.1) is 0 Å². The van der Waals surface area contributed by atoms with Crippen molar-refractivity contribution in [3.8, 4) is 67.8 Å². The normalized spacial score (nSPS) is 10.1. The first-order chi connectivity index (χ1) is 28.8. The maximum atomic E-state index is 11.3. The number of aromatic nitrogens is 2. The summed E-state index contributed by atoms with van der Waals surface area (Å²) < 4.78 is 19.0. The summed E-state index contributed by atoms with van der Waals surface area (Å²) in [6.45, 7) is 0.770. The first-order valence-corrected chi connectivity index (χ1v) is 16.7. The van der Waals surface area contributed by atoms with Crippen LogP contribution in [0.4, 0.5) is 0 Å². The molecule has 0 radical (unpaired) electrons. The van der Waals surface area contributed by atoms with Crippen molar-refractivity contribution in [2.45, 2.75) is 0 Å². The highest BCUT2D eigenvalue weighted by atomic mass is 16.5. The number of hydrogen-bond acceptors (Lipinski definition) is 14. The van der Waals surface area contributed by atoms with Crippen LogP contribution in [0.15, 0.2) is 109 Å². The first-order valence-electron chi connectivity index (χ1n) is 16.7. The number of carbonyl (C=O) groups is 8. The fourth-order valence-electron chi connectivity index (χ4n) is 5.49. The van der Waals surface area contributed by atoms with E-state index >= 15 is 0 Å². The van der Waals surface area contributed by atoms with Crippen molar-refractivity contribution in [2.75, 3.05) is 0 Å². The average molecular weight is 815 g/mol. The first kappa shape index (κ1) is 42.1. The summed E-state index contributed by atoms with van der Waals surface area (Å²) in [5.41, 5.74) is 3.14. The quantitative estimate of drug-likeness (QED) is 0.0844. The van der Waals surface area contributed by atoms with E-state index in [1.807, 2.05) is 0 Å². The predicted molar refractivity (Wildman–Crippen MR) is 205 cm³/mol. The number of ether oxygens (including phenoxy) is 4. The number of aromatic carboxylic acids is 4. The Labute approximate surface area is 336 Å². The van der Waals surface area contributed by atoms with Crippen LogP contribution in [0.3, 0.4) is 0 Å². The van der Waals surface area contributed by atoms with Crippen molar-refractivity contribution in [1.82, 2.24) is 9.97 Å². The van der Waals surface area contributed by atoms with Gasteiger partial charge in [-0.05, 0) is 101 Å². The molecule has 0 aliphatic rings. The van der Waals surface area contributed by atoms with Gasteiger partial charge in [0.1, 0.15) is 23.0 Å². The van der Waals surface area contributed by atoms with Crippen LogP contribution in [0.25, 0.3) is 44.8 Å². The topological polar surface area (TPSA) is 280 Å². The van der Waals surface area contributed by atoms with E-state index in [1.54, 1.807) is 24.3 Å². The Balaban J connectivity index is 0.000000228. The van der Waals surface area contributed by atoms with Gasteiger partial charge in [0.05, 0.1) is 22.3 Å². The molecule has 0 atom stereocenters. The molecule has 18 nitrogen and oxygen atoms in total. The monoisotopic (exact) mass is 814 g/mol. The number of carboxylic acids is 4. The highest BCUT2D eigenvalue weighted by Crippen LogP contribution is 2.32. The van der Waals surface area contributed by atoms with Crippen molar-refractivity contribution >= 4 is 49.8 Å². The second-order valence-corrected chi connectivity index (χ2v) is 11.9. The summed E-state index contributed by atoms with van der Waals surface area (Å²) in [5.74, 6) is -4.39. The molecule has 0 bridgehead atoms. The fourth-order valence-corrected chi connectivity index (χ4v) is 5.49. The Hall–Kier alpha value is -9.06. The lowest BCUT2D eigenvalue weighted by atomic mass is 9.98. The Morgan fingerprint density at radius 3 is 0.917 bits per heavy atom. The minimum Gasteiger partial charge on any atom is -0.478 e. The Kier molecular flexibility index (Phi) is 13.5. The second-order valence-electron chi connectivity index (χ2n) is 11.9. The van der Waals surface area contributed by atoms with Gasteiger partial charge in [-0.25, -0.2) is 29.1 Å². The smallest absolute Gasteiger partial charge is 0.335 e. The second kappa shape index (κ2) is 19.2. The van der Waals surface area contributed by atoms with Crippen LogP contribution in [-0.2, 0) is 19.2 Å². The molecule has 18 heteroatoms. The van der Waals surface area contributed by atoms with E-state index in [0.717, 1.165) is 0 Å². The van der Waals surface area contributed by atoms with Crippen molar-refractivity contribution < 1.29 is 77.7 Å². The van der Waals surface area contributed by atoms with Crippen molar-refractivity contribution in [1.29, 1.82) is 0 Å². The zero-order valence-electron chi connectivity index (χ0n) is 30.3. The lowest BCUT2D eigenvalue weighted by Gasteiger charge is -2.09. The molecular formula is C42H26N2O16. The third-order valence-electron chi connectivity index (χ3n) is 8.15. The Morgan fingerprint density at radius 1 is 0.367 bits per heavy atom. The maximum absolute atomic E-state index is 11.3. The molecule has 0 amide bonds. The van der Waals surface area contributed by atoms with Crippen LogP contribution >= 0.6 is 0 Å². The Bertz CT molecular complexity index is 2280. The van der Waals surface area contributed by atoms with Crippen LogP contribution in [-0.4, -0.2) is 80.2 Å². The predicted octanol–water partition coefficient (Wildman–Crippen LogP) is 5.76. The van der Waals surface area contributed by atoms with Gasteiger partial charge < -0.3 is 39.4 Å². The minimum absolute atomic E-state index is 0.0115. The molecule has 0 aliphatic carbocycles. The molecule has 5 aromatic carbocycles. The summed E-state index contributed by atoms with van der Waals surface area (Å²) in [6, 6.07) is 23.1. The number of benzene rings is 5. The number of rotatable bonds is 16. The highest BCUT2D eigenvalue weighted by Gasteiger charge is 2.15.